The molecule has 0 bridgehead atoms. The fourth-order valence-corrected chi connectivity index (χ4v) is 12.8. The summed E-state index contributed by atoms with van der Waals surface area (Å²) in [5, 5.41) is 0. The molecule has 0 spiro atoms. The quantitative estimate of drug-likeness (QED) is 0.726. The van der Waals surface area contributed by atoms with Crippen LogP contribution in [0.25, 0.3) is 0 Å². The van der Waals surface area contributed by atoms with Gasteiger partial charge in [0.25, 0.3) is 0 Å². The minimum atomic E-state index is -2.17. The molecule has 0 unspecified atom stereocenters. The van der Waals surface area contributed by atoms with E-state index in [1.165, 1.54) is 0 Å². The lowest BCUT2D eigenvalue weighted by Gasteiger charge is -2.38. The Morgan fingerprint density at radius 2 is 1.19 bits per heavy atom. The van der Waals surface area contributed by atoms with Gasteiger partial charge in [-0.2, -0.15) is 0 Å². The maximum Gasteiger partial charge on any atom is 0.401 e. The van der Waals surface area contributed by atoms with Gasteiger partial charge in [0.05, 0.1) is 0 Å². The molecule has 0 saturated carbocycles. The summed E-state index contributed by atoms with van der Waals surface area (Å²) < 4.78 is 12.6. The molecular formula is C10H29NO2Si3. The first-order valence-electron chi connectivity index (χ1n) is 6.13. The van der Waals surface area contributed by atoms with Crippen LogP contribution in [0.1, 0.15) is 13.3 Å². The molecule has 0 aromatic heterocycles. The monoisotopic (exact) mass is 279 g/mol. The summed E-state index contributed by atoms with van der Waals surface area (Å²) in [4.78, 5) is 3.52. The molecule has 0 aliphatic carbocycles. The Hall–Kier alpha value is 0.531. The summed E-state index contributed by atoms with van der Waals surface area (Å²) in [6.45, 7) is 18.6. The molecule has 0 aliphatic rings. The highest BCUT2D eigenvalue weighted by molar-refractivity contribution is 6.86. The van der Waals surface area contributed by atoms with E-state index in [1.54, 1.807) is 0 Å². The molecule has 0 fully saturated rings. The van der Waals surface area contributed by atoms with Crippen LogP contribution in [0.2, 0.25) is 45.8 Å². The summed E-state index contributed by atoms with van der Waals surface area (Å²) in [5.74, 6) is 0. The third-order valence-corrected chi connectivity index (χ3v) is 10.6. The van der Waals surface area contributed by atoms with Crippen molar-refractivity contribution >= 4 is 25.4 Å². The second-order valence-electron chi connectivity index (χ2n) is 6.30. The van der Waals surface area contributed by atoms with Crippen LogP contribution in [0, 0.1) is 0 Å². The topological polar surface area (TPSA) is 30.5 Å². The van der Waals surface area contributed by atoms with Crippen molar-refractivity contribution in [2.24, 2.45) is 0 Å². The number of hydrogen-bond donors (Lipinski definition) is 1. The van der Waals surface area contributed by atoms with Crippen molar-refractivity contribution in [2.45, 2.75) is 59.2 Å². The summed E-state index contributed by atoms with van der Waals surface area (Å²) >= 11 is 0. The van der Waals surface area contributed by atoms with Gasteiger partial charge in [-0.1, -0.05) is 6.92 Å². The van der Waals surface area contributed by atoms with Gasteiger partial charge >= 0.3 is 8.72 Å². The van der Waals surface area contributed by atoms with Crippen LogP contribution < -0.4 is 4.98 Å². The summed E-state index contributed by atoms with van der Waals surface area (Å²) in [7, 11) is -5.26. The van der Waals surface area contributed by atoms with Crippen LogP contribution in [-0.4, -0.2) is 31.9 Å². The van der Waals surface area contributed by atoms with E-state index in [0.717, 1.165) is 13.0 Å². The van der Waals surface area contributed by atoms with Crippen LogP contribution in [0.5, 0.6) is 0 Å². The average molecular weight is 280 g/mol. The van der Waals surface area contributed by atoms with Gasteiger partial charge in [0.2, 0.25) is 0 Å². The van der Waals surface area contributed by atoms with Gasteiger partial charge in [0.1, 0.15) is 0 Å². The SMILES string of the molecule is CCCN[Si](C)(O[Si](C)(C)C)O[Si](C)(C)C. The maximum atomic E-state index is 6.28. The molecule has 3 nitrogen and oxygen atoms in total. The lowest BCUT2D eigenvalue weighted by atomic mass is 10.5. The molecule has 0 heterocycles. The van der Waals surface area contributed by atoms with Crippen LogP contribution in [0.4, 0.5) is 0 Å². The van der Waals surface area contributed by atoms with Gasteiger partial charge in [0, 0.05) is 0 Å². The summed E-state index contributed by atoms with van der Waals surface area (Å²) in [6, 6.07) is 0. The second-order valence-corrected chi connectivity index (χ2v) is 18.6. The van der Waals surface area contributed by atoms with Crippen molar-refractivity contribution in [3.8, 4) is 0 Å². The minimum absolute atomic E-state index is 0.984. The van der Waals surface area contributed by atoms with E-state index >= 15 is 0 Å². The molecule has 1 N–H and O–H groups in total. The molecular weight excluding hydrogens is 250 g/mol. The van der Waals surface area contributed by atoms with Crippen molar-refractivity contribution in [1.29, 1.82) is 0 Å². The molecule has 0 amide bonds. The minimum Gasteiger partial charge on any atom is -0.425 e. The molecule has 0 aliphatic heterocycles. The molecule has 16 heavy (non-hydrogen) atoms. The van der Waals surface area contributed by atoms with E-state index in [-0.39, 0.29) is 0 Å². The molecule has 0 aromatic rings. The van der Waals surface area contributed by atoms with Crippen molar-refractivity contribution in [2.75, 3.05) is 6.54 Å². The Balaban J connectivity index is 4.61. The first kappa shape index (κ1) is 16.5. The highest BCUT2D eigenvalue weighted by atomic mass is 28.5. The van der Waals surface area contributed by atoms with Crippen LogP contribution in [-0.2, 0) is 8.23 Å². The first-order chi connectivity index (χ1) is 6.97. The standard InChI is InChI=1S/C10H29NO2Si3/c1-9-10-11-16(8,12-14(2,3)4)13-15(5,6)7/h11H,9-10H2,1-8H3. The van der Waals surface area contributed by atoms with Gasteiger partial charge in [-0.15, -0.1) is 0 Å². The Morgan fingerprint density at radius 1 is 0.812 bits per heavy atom. The van der Waals surface area contributed by atoms with Gasteiger partial charge in [-0.25, -0.2) is 0 Å². The Bertz CT molecular complexity index is 195. The smallest absolute Gasteiger partial charge is 0.401 e. The Morgan fingerprint density at radius 3 is 1.44 bits per heavy atom. The van der Waals surface area contributed by atoms with Crippen molar-refractivity contribution in [3.63, 3.8) is 0 Å². The second kappa shape index (κ2) is 5.92. The van der Waals surface area contributed by atoms with E-state index in [2.05, 4.69) is 57.7 Å². The van der Waals surface area contributed by atoms with Crippen LogP contribution in [0.15, 0.2) is 0 Å². The molecule has 0 aromatic carbocycles. The largest absolute Gasteiger partial charge is 0.425 e. The molecule has 98 valence electrons. The van der Waals surface area contributed by atoms with Gasteiger partial charge in [-0.3, -0.25) is 4.98 Å². The molecule has 0 rings (SSSR count). The molecule has 0 atom stereocenters. The van der Waals surface area contributed by atoms with Crippen molar-refractivity contribution < 1.29 is 8.23 Å². The average Bonchev–Trinajstić information content (AvgIpc) is 1.93. The number of rotatable bonds is 7. The zero-order chi connectivity index (χ0) is 13.0. The molecule has 0 radical (unpaired) electrons. The maximum absolute atomic E-state index is 6.28. The molecule has 0 saturated heterocycles. The van der Waals surface area contributed by atoms with E-state index in [4.69, 9.17) is 8.23 Å². The lowest BCUT2D eigenvalue weighted by molar-refractivity contribution is 0.364. The van der Waals surface area contributed by atoms with Gasteiger partial charge in [0.15, 0.2) is 16.6 Å². The van der Waals surface area contributed by atoms with Crippen LogP contribution in [0.3, 0.4) is 0 Å². The third-order valence-electron chi connectivity index (χ3n) is 1.70. The molecule has 6 heteroatoms. The van der Waals surface area contributed by atoms with Crippen LogP contribution >= 0.6 is 0 Å². The van der Waals surface area contributed by atoms with Crippen molar-refractivity contribution in [3.05, 3.63) is 0 Å². The fourth-order valence-electron chi connectivity index (χ4n) is 1.61. The van der Waals surface area contributed by atoms with E-state index in [9.17, 15) is 0 Å². The lowest BCUT2D eigenvalue weighted by Crippen LogP contribution is -2.62. The predicted octanol–water partition coefficient (Wildman–Crippen LogP) is 3.26. The number of nitrogens with one attached hydrogen (secondary N) is 1. The number of hydrogen-bond acceptors (Lipinski definition) is 3. The van der Waals surface area contributed by atoms with E-state index < -0.39 is 25.4 Å². The van der Waals surface area contributed by atoms with Crippen molar-refractivity contribution in [1.82, 2.24) is 4.98 Å². The summed E-state index contributed by atoms with van der Waals surface area (Å²) in [6.07, 6.45) is 1.12. The normalized spacial score (nSPS) is 14.2. The van der Waals surface area contributed by atoms with E-state index in [0.29, 0.717) is 0 Å². The Kier molecular flexibility index (Phi) is 6.12. The fraction of sp³-hybridized carbons (Fsp3) is 1.00. The Labute approximate surface area is 105 Å². The zero-order valence-electron chi connectivity index (χ0n) is 12.2. The zero-order valence-corrected chi connectivity index (χ0v) is 15.2. The van der Waals surface area contributed by atoms with Gasteiger partial charge < -0.3 is 8.23 Å². The highest BCUT2D eigenvalue weighted by Gasteiger charge is 2.40. The van der Waals surface area contributed by atoms with Gasteiger partial charge in [-0.05, 0) is 58.8 Å². The summed E-state index contributed by atoms with van der Waals surface area (Å²) in [5.41, 5.74) is 0. The van der Waals surface area contributed by atoms with E-state index in [1.807, 2.05) is 0 Å². The third kappa shape index (κ3) is 8.66. The predicted molar refractivity (Wildman–Crippen MR) is 78.8 cm³/mol. The first-order valence-corrected chi connectivity index (χ1v) is 15.3. The highest BCUT2D eigenvalue weighted by Crippen LogP contribution is 2.18.